The van der Waals surface area contributed by atoms with Crippen molar-refractivity contribution in [3.63, 3.8) is 0 Å². The maximum atomic E-state index is 14.0. The number of hydrogen-bond donors (Lipinski definition) is 2. The van der Waals surface area contributed by atoms with Crippen LogP contribution in [0.4, 0.5) is 10.7 Å². The molecular weight excluding hydrogens is 599 g/mol. The molecule has 226 valence electrons. The molecule has 0 fully saturated rings. The molecule has 0 bridgehead atoms. The van der Waals surface area contributed by atoms with Gasteiger partial charge in [-0.3, -0.25) is 14.4 Å². The lowest BCUT2D eigenvalue weighted by molar-refractivity contribution is -0.129. The fraction of sp³-hybridized carbons (Fsp3) is 0.212. The second kappa shape index (κ2) is 13.8. The van der Waals surface area contributed by atoms with Crippen molar-refractivity contribution in [3.8, 4) is 5.75 Å². The first-order valence-corrected chi connectivity index (χ1v) is 15.5. The number of anilines is 2. The van der Waals surface area contributed by atoms with Gasteiger partial charge >= 0.3 is 5.97 Å². The standard InChI is InChI=1S/C33H31N3O6S2/c1-20(37)36-16-15-26-27(19-36)44-32(28(26)33(40)42-3)35-31(39)29(21-9-5-4-6-10-21)43-25-14-8-12-23(18-25)34-30(38)22-11-7-13-24(17-22)41-2/h4-14,17-18,29H,15-16,19H2,1-3H3,(H,34,38)(H,35,39). The Morgan fingerprint density at radius 2 is 1.70 bits per heavy atom. The van der Waals surface area contributed by atoms with E-state index in [0.717, 1.165) is 20.9 Å². The van der Waals surface area contributed by atoms with Crippen LogP contribution in [-0.2, 0) is 27.3 Å². The van der Waals surface area contributed by atoms with Crippen molar-refractivity contribution >= 4 is 57.5 Å². The van der Waals surface area contributed by atoms with Crippen molar-refractivity contribution in [3.05, 3.63) is 106 Å². The Bertz CT molecular complexity index is 1700. The number of amides is 3. The highest BCUT2D eigenvalue weighted by Crippen LogP contribution is 2.41. The molecule has 1 atom stereocenters. The third kappa shape index (κ3) is 6.95. The van der Waals surface area contributed by atoms with Gasteiger partial charge in [0.15, 0.2) is 0 Å². The second-order valence-electron chi connectivity index (χ2n) is 10.0. The number of carbonyl (C=O) groups is 4. The summed E-state index contributed by atoms with van der Waals surface area (Å²) < 4.78 is 10.3. The molecular formula is C33H31N3O6S2. The van der Waals surface area contributed by atoms with E-state index in [1.807, 2.05) is 48.5 Å². The fourth-order valence-corrected chi connectivity index (χ4v) is 7.25. The van der Waals surface area contributed by atoms with Crippen LogP contribution in [-0.4, -0.2) is 49.4 Å². The number of thiophene rings is 1. The third-order valence-corrected chi connectivity index (χ3v) is 9.53. The molecule has 2 heterocycles. The van der Waals surface area contributed by atoms with Gasteiger partial charge in [-0.2, -0.15) is 0 Å². The van der Waals surface area contributed by atoms with Crippen LogP contribution in [0.1, 0.15) is 48.9 Å². The molecule has 2 N–H and O–H groups in total. The molecule has 5 rings (SSSR count). The maximum absolute atomic E-state index is 14.0. The summed E-state index contributed by atoms with van der Waals surface area (Å²) >= 11 is 2.62. The minimum atomic E-state index is -0.682. The smallest absolute Gasteiger partial charge is 0.341 e. The second-order valence-corrected chi connectivity index (χ2v) is 12.3. The van der Waals surface area contributed by atoms with E-state index in [1.54, 1.807) is 42.3 Å². The van der Waals surface area contributed by atoms with Gasteiger partial charge in [0.1, 0.15) is 16.0 Å². The number of methoxy groups -OCH3 is 2. The molecule has 0 aliphatic carbocycles. The average Bonchev–Trinajstić information content (AvgIpc) is 3.40. The molecule has 3 amide bonds. The Labute approximate surface area is 263 Å². The first-order valence-electron chi connectivity index (χ1n) is 13.8. The molecule has 0 saturated heterocycles. The largest absolute Gasteiger partial charge is 0.497 e. The fourth-order valence-electron chi connectivity index (χ4n) is 4.91. The molecule has 3 aromatic carbocycles. The van der Waals surface area contributed by atoms with Crippen LogP contribution >= 0.6 is 23.1 Å². The molecule has 1 unspecified atom stereocenters. The highest BCUT2D eigenvalue weighted by atomic mass is 32.2. The van der Waals surface area contributed by atoms with Crippen molar-refractivity contribution in [2.75, 3.05) is 31.4 Å². The van der Waals surface area contributed by atoms with E-state index in [4.69, 9.17) is 9.47 Å². The summed E-state index contributed by atoms with van der Waals surface area (Å²) in [6, 6.07) is 23.5. The number of ether oxygens (including phenoxy) is 2. The maximum Gasteiger partial charge on any atom is 0.341 e. The van der Waals surface area contributed by atoms with Crippen LogP contribution in [0, 0.1) is 0 Å². The first-order chi connectivity index (χ1) is 21.3. The molecule has 1 aromatic heterocycles. The third-order valence-electron chi connectivity index (χ3n) is 7.15. The molecule has 0 radical (unpaired) electrons. The van der Waals surface area contributed by atoms with E-state index in [1.165, 1.54) is 37.1 Å². The van der Waals surface area contributed by atoms with Crippen LogP contribution in [0.15, 0.2) is 83.8 Å². The SMILES string of the molecule is COC(=O)c1c(NC(=O)C(Sc2cccc(NC(=O)c3cccc(OC)c3)c2)c2ccccc2)sc2c1CCN(C(C)=O)C2. The molecule has 1 aliphatic rings. The zero-order chi connectivity index (χ0) is 31.2. The summed E-state index contributed by atoms with van der Waals surface area (Å²) in [6.07, 6.45) is 0.497. The minimum Gasteiger partial charge on any atom is -0.497 e. The van der Waals surface area contributed by atoms with Crippen molar-refractivity contribution < 1.29 is 28.7 Å². The quantitative estimate of drug-likeness (QED) is 0.168. The summed E-state index contributed by atoms with van der Waals surface area (Å²) in [5.41, 5.74) is 2.94. The summed E-state index contributed by atoms with van der Waals surface area (Å²) in [7, 11) is 2.85. The number of hydrogen-bond acceptors (Lipinski definition) is 8. The van der Waals surface area contributed by atoms with Gasteiger partial charge in [-0.1, -0.05) is 42.5 Å². The average molecular weight is 630 g/mol. The lowest BCUT2D eigenvalue weighted by Crippen LogP contribution is -2.33. The monoisotopic (exact) mass is 629 g/mol. The summed E-state index contributed by atoms with van der Waals surface area (Å²) in [4.78, 5) is 55.1. The number of esters is 1. The minimum absolute atomic E-state index is 0.0447. The lowest BCUT2D eigenvalue weighted by atomic mass is 10.0. The van der Waals surface area contributed by atoms with Gasteiger partial charge in [0, 0.05) is 34.5 Å². The van der Waals surface area contributed by atoms with E-state index in [2.05, 4.69) is 10.6 Å². The highest BCUT2D eigenvalue weighted by Gasteiger charge is 2.32. The van der Waals surface area contributed by atoms with Gasteiger partial charge in [-0.05, 0) is 53.9 Å². The summed E-state index contributed by atoms with van der Waals surface area (Å²) in [6.45, 7) is 2.38. The van der Waals surface area contributed by atoms with Crippen LogP contribution in [0.25, 0.3) is 0 Å². The molecule has 0 spiro atoms. The van der Waals surface area contributed by atoms with Crippen molar-refractivity contribution in [1.82, 2.24) is 4.90 Å². The molecule has 9 nitrogen and oxygen atoms in total. The number of nitrogens with one attached hydrogen (secondary N) is 2. The Kier molecular flexibility index (Phi) is 9.66. The lowest BCUT2D eigenvalue weighted by Gasteiger charge is -2.25. The zero-order valence-corrected chi connectivity index (χ0v) is 26.1. The van der Waals surface area contributed by atoms with Gasteiger partial charge in [0.2, 0.25) is 11.8 Å². The highest BCUT2D eigenvalue weighted by molar-refractivity contribution is 8.00. The van der Waals surface area contributed by atoms with Crippen molar-refractivity contribution in [1.29, 1.82) is 0 Å². The molecule has 11 heteroatoms. The normalized spacial score (nSPS) is 12.9. The van der Waals surface area contributed by atoms with Gasteiger partial charge in [0.05, 0.1) is 26.3 Å². The van der Waals surface area contributed by atoms with Gasteiger partial charge < -0.3 is 25.0 Å². The number of nitrogens with zero attached hydrogens (tertiary/aromatic N) is 1. The van der Waals surface area contributed by atoms with Gasteiger partial charge in [-0.15, -0.1) is 23.1 Å². The Morgan fingerprint density at radius 3 is 2.43 bits per heavy atom. The Balaban J connectivity index is 1.40. The van der Waals surface area contributed by atoms with Crippen LogP contribution in [0.5, 0.6) is 5.75 Å². The van der Waals surface area contributed by atoms with Crippen molar-refractivity contribution in [2.24, 2.45) is 0 Å². The number of fused-ring (bicyclic) bond motifs is 1. The van der Waals surface area contributed by atoms with Crippen LogP contribution < -0.4 is 15.4 Å². The van der Waals surface area contributed by atoms with Gasteiger partial charge in [0.25, 0.3) is 5.91 Å². The predicted octanol–water partition coefficient (Wildman–Crippen LogP) is 6.17. The van der Waals surface area contributed by atoms with Crippen LogP contribution in [0.3, 0.4) is 0 Å². The molecule has 4 aromatic rings. The van der Waals surface area contributed by atoms with E-state index < -0.39 is 11.2 Å². The molecule has 1 aliphatic heterocycles. The summed E-state index contributed by atoms with van der Waals surface area (Å²) in [5.74, 6) is -0.603. The zero-order valence-electron chi connectivity index (χ0n) is 24.4. The molecule has 44 heavy (non-hydrogen) atoms. The van der Waals surface area contributed by atoms with E-state index in [-0.39, 0.29) is 17.7 Å². The van der Waals surface area contributed by atoms with E-state index in [0.29, 0.717) is 47.1 Å². The van der Waals surface area contributed by atoms with Crippen LogP contribution in [0.2, 0.25) is 0 Å². The van der Waals surface area contributed by atoms with E-state index in [9.17, 15) is 19.2 Å². The number of thioether (sulfide) groups is 1. The van der Waals surface area contributed by atoms with Crippen molar-refractivity contribution in [2.45, 2.75) is 30.0 Å². The number of rotatable bonds is 9. The number of benzene rings is 3. The topological polar surface area (TPSA) is 114 Å². The Hall–Kier alpha value is -4.61. The Morgan fingerprint density at radius 1 is 0.932 bits per heavy atom. The van der Waals surface area contributed by atoms with Gasteiger partial charge in [-0.25, -0.2) is 4.79 Å². The predicted molar refractivity (Wildman–Crippen MR) is 172 cm³/mol. The number of carbonyl (C=O) groups excluding carboxylic acids is 4. The first kappa shape index (κ1) is 30.8. The molecule has 0 saturated carbocycles. The van der Waals surface area contributed by atoms with E-state index >= 15 is 0 Å². The summed E-state index contributed by atoms with van der Waals surface area (Å²) in [5, 5.41) is 5.63.